The Hall–Kier alpha value is -2.71. The van der Waals surface area contributed by atoms with Crippen LogP contribution < -0.4 is 5.73 Å². The maximum Gasteiger partial charge on any atom is 0.339 e. The lowest BCUT2D eigenvalue weighted by molar-refractivity contribution is -0.0536. The summed E-state index contributed by atoms with van der Waals surface area (Å²) in [5.74, 6) is 6.38. The highest BCUT2D eigenvalue weighted by Crippen LogP contribution is 2.20. The van der Waals surface area contributed by atoms with Crippen molar-refractivity contribution in [1.82, 2.24) is 5.06 Å². The van der Waals surface area contributed by atoms with Gasteiger partial charge in [0.15, 0.2) is 0 Å². The van der Waals surface area contributed by atoms with Crippen LogP contribution in [-0.2, 0) is 0 Å². The van der Waals surface area contributed by atoms with Crippen molar-refractivity contribution in [3.05, 3.63) is 48.2 Å². The summed E-state index contributed by atoms with van der Waals surface area (Å²) in [5, 5.41) is 9.71. The zero-order valence-electron chi connectivity index (χ0n) is 10.9. The summed E-state index contributed by atoms with van der Waals surface area (Å²) >= 11 is 0. The van der Waals surface area contributed by atoms with Crippen LogP contribution in [-0.4, -0.2) is 22.3 Å². The van der Waals surface area contributed by atoms with E-state index in [4.69, 9.17) is 10.2 Å². The Morgan fingerprint density at radius 2 is 2.20 bits per heavy atom. The van der Waals surface area contributed by atoms with Gasteiger partial charge in [-0.3, -0.25) is 5.21 Å². The van der Waals surface area contributed by atoms with E-state index in [1.807, 2.05) is 36.4 Å². The lowest BCUT2D eigenvalue weighted by Gasteiger charge is -2.14. The maximum atomic E-state index is 10.8. The Bertz CT molecular complexity index is 653. The zero-order chi connectivity index (χ0) is 14.5. The first-order chi connectivity index (χ1) is 9.58. The first-order valence-corrected chi connectivity index (χ1v) is 6.01. The largest absolute Gasteiger partial charge is 0.464 e. The molecule has 1 unspecified atom stereocenters. The number of hydrogen-bond donors (Lipinski definition) is 2. The summed E-state index contributed by atoms with van der Waals surface area (Å²) in [6, 6.07) is 9.52. The van der Waals surface area contributed by atoms with E-state index in [2.05, 4.69) is 11.8 Å². The molecule has 0 aliphatic rings. The molecule has 0 spiro atoms. The minimum Gasteiger partial charge on any atom is -0.464 e. The van der Waals surface area contributed by atoms with Gasteiger partial charge in [-0.15, -0.1) is 0 Å². The summed E-state index contributed by atoms with van der Waals surface area (Å²) in [5.41, 5.74) is 6.61. The third-order valence-corrected chi connectivity index (χ3v) is 2.69. The van der Waals surface area contributed by atoms with Crippen LogP contribution in [0.15, 0.2) is 47.1 Å². The monoisotopic (exact) mass is 270 g/mol. The minimum atomic E-state index is -0.934. The number of carbonyl (C=O) groups excluding carboxylic acids is 1. The second-order valence-corrected chi connectivity index (χ2v) is 4.19. The van der Waals surface area contributed by atoms with Crippen LogP contribution in [0.1, 0.15) is 12.5 Å². The first kappa shape index (κ1) is 13.7. The van der Waals surface area contributed by atoms with E-state index < -0.39 is 12.1 Å². The number of hydroxylamine groups is 2. The normalized spacial score (nSPS) is 11.3. The third-order valence-electron chi connectivity index (χ3n) is 2.69. The molecule has 1 aromatic heterocycles. The third kappa shape index (κ3) is 3.19. The van der Waals surface area contributed by atoms with Crippen LogP contribution in [0.2, 0.25) is 0 Å². The molecule has 0 saturated carbocycles. The van der Waals surface area contributed by atoms with Gasteiger partial charge in [-0.25, -0.2) is 4.79 Å². The Kier molecular flexibility index (Phi) is 4.08. The van der Waals surface area contributed by atoms with E-state index in [9.17, 15) is 10.0 Å². The van der Waals surface area contributed by atoms with Crippen LogP contribution in [0.5, 0.6) is 0 Å². The molecule has 2 amide bonds. The highest BCUT2D eigenvalue weighted by atomic mass is 16.5. The summed E-state index contributed by atoms with van der Waals surface area (Å²) in [4.78, 5) is 10.8. The number of carbonyl (C=O) groups is 1. The van der Waals surface area contributed by atoms with Crippen LogP contribution in [0.25, 0.3) is 11.3 Å². The number of nitrogens with zero attached hydrogens (tertiary/aromatic N) is 1. The van der Waals surface area contributed by atoms with Gasteiger partial charge in [0, 0.05) is 11.1 Å². The fourth-order valence-electron chi connectivity index (χ4n) is 1.63. The fraction of sp³-hybridized carbons (Fsp3) is 0.133. The van der Waals surface area contributed by atoms with Crippen LogP contribution >= 0.6 is 0 Å². The molecule has 102 valence electrons. The molecular weight excluding hydrogens is 256 g/mol. The van der Waals surface area contributed by atoms with Crippen molar-refractivity contribution in [2.24, 2.45) is 5.73 Å². The maximum absolute atomic E-state index is 10.8. The number of urea groups is 1. The van der Waals surface area contributed by atoms with Gasteiger partial charge in [0.25, 0.3) is 0 Å². The van der Waals surface area contributed by atoms with Gasteiger partial charge in [-0.05, 0) is 31.2 Å². The fourth-order valence-corrected chi connectivity index (χ4v) is 1.63. The summed E-state index contributed by atoms with van der Waals surface area (Å²) < 4.78 is 5.31. The predicted molar refractivity (Wildman–Crippen MR) is 73.7 cm³/mol. The average molecular weight is 270 g/mol. The van der Waals surface area contributed by atoms with Crippen molar-refractivity contribution in [1.29, 1.82) is 0 Å². The lowest BCUT2D eigenvalue weighted by atomic mass is 10.1. The molecule has 0 radical (unpaired) electrons. The molecular formula is C15H14N2O3. The van der Waals surface area contributed by atoms with Crippen molar-refractivity contribution >= 4 is 6.03 Å². The molecule has 2 rings (SSSR count). The Morgan fingerprint density at radius 1 is 1.40 bits per heavy atom. The van der Waals surface area contributed by atoms with Gasteiger partial charge in [0.05, 0.1) is 6.26 Å². The number of amides is 2. The number of nitrogens with two attached hydrogens (primary N) is 1. The molecule has 0 aliphatic carbocycles. The molecule has 0 fully saturated rings. The molecule has 5 heteroatoms. The Balaban J connectivity index is 2.19. The van der Waals surface area contributed by atoms with Crippen LogP contribution in [0.3, 0.4) is 0 Å². The number of hydrogen-bond acceptors (Lipinski definition) is 3. The van der Waals surface area contributed by atoms with Crippen molar-refractivity contribution in [2.45, 2.75) is 13.0 Å². The molecule has 0 saturated heterocycles. The molecule has 1 heterocycles. The standard InChI is InChI=1S/C15H14N2O3/c1-11(17(19)15(16)18)7-8-12-4-2-5-13(10-12)14-6-3-9-20-14/h2-6,9-11,19H,1H3,(H2,16,18). The van der Waals surface area contributed by atoms with Gasteiger partial charge in [0.2, 0.25) is 0 Å². The average Bonchev–Trinajstić information content (AvgIpc) is 2.98. The van der Waals surface area contributed by atoms with E-state index in [0.29, 0.717) is 5.06 Å². The molecule has 0 bridgehead atoms. The Labute approximate surface area is 116 Å². The highest BCUT2D eigenvalue weighted by Gasteiger charge is 2.11. The van der Waals surface area contributed by atoms with Crippen molar-refractivity contribution in [2.75, 3.05) is 0 Å². The van der Waals surface area contributed by atoms with Gasteiger partial charge in [0.1, 0.15) is 11.8 Å². The molecule has 20 heavy (non-hydrogen) atoms. The second-order valence-electron chi connectivity index (χ2n) is 4.19. The number of furan rings is 1. The second kappa shape index (κ2) is 5.95. The van der Waals surface area contributed by atoms with E-state index in [1.54, 1.807) is 13.2 Å². The van der Waals surface area contributed by atoms with E-state index in [-0.39, 0.29) is 0 Å². The minimum absolute atomic E-state index is 0.392. The quantitative estimate of drug-likeness (QED) is 0.499. The van der Waals surface area contributed by atoms with Crippen LogP contribution in [0, 0.1) is 11.8 Å². The molecule has 0 aliphatic heterocycles. The number of primary amides is 1. The first-order valence-electron chi connectivity index (χ1n) is 6.01. The number of rotatable bonds is 2. The lowest BCUT2D eigenvalue weighted by Crippen LogP contribution is -2.38. The molecule has 2 aromatic rings. The van der Waals surface area contributed by atoms with Gasteiger partial charge in [-0.1, -0.05) is 24.0 Å². The molecule has 5 nitrogen and oxygen atoms in total. The van der Waals surface area contributed by atoms with Gasteiger partial charge in [-0.2, -0.15) is 5.06 Å². The van der Waals surface area contributed by atoms with Crippen molar-refractivity contribution in [3.8, 4) is 23.2 Å². The van der Waals surface area contributed by atoms with Crippen molar-refractivity contribution < 1.29 is 14.4 Å². The summed E-state index contributed by atoms with van der Waals surface area (Å²) in [6.45, 7) is 1.58. The summed E-state index contributed by atoms with van der Waals surface area (Å²) in [7, 11) is 0. The van der Waals surface area contributed by atoms with Gasteiger partial charge < -0.3 is 10.2 Å². The SMILES string of the molecule is CC(C#Cc1cccc(-c2ccco2)c1)N(O)C(N)=O. The smallest absolute Gasteiger partial charge is 0.339 e. The zero-order valence-corrected chi connectivity index (χ0v) is 10.9. The summed E-state index contributed by atoms with van der Waals surface area (Å²) in [6.07, 6.45) is 1.60. The molecule has 1 aromatic carbocycles. The Morgan fingerprint density at radius 3 is 2.85 bits per heavy atom. The number of benzene rings is 1. The molecule has 3 N–H and O–H groups in total. The van der Waals surface area contributed by atoms with Crippen LogP contribution in [0.4, 0.5) is 4.79 Å². The van der Waals surface area contributed by atoms with E-state index in [0.717, 1.165) is 16.9 Å². The van der Waals surface area contributed by atoms with E-state index in [1.165, 1.54) is 0 Å². The molecule has 1 atom stereocenters. The topological polar surface area (TPSA) is 79.7 Å². The van der Waals surface area contributed by atoms with Crippen molar-refractivity contribution in [3.63, 3.8) is 0 Å². The highest BCUT2D eigenvalue weighted by molar-refractivity contribution is 5.71. The van der Waals surface area contributed by atoms with E-state index >= 15 is 0 Å². The predicted octanol–water partition coefficient (Wildman–Crippen LogP) is 2.46. The van der Waals surface area contributed by atoms with Gasteiger partial charge >= 0.3 is 6.03 Å².